The van der Waals surface area contributed by atoms with Crippen LogP contribution in [0.1, 0.15) is 18.4 Å². The first kappa shape index (κ1) is 20.1. The highest BCUT2D eigenvalue weighted by Gasteiger charge is 2.42. The summed E-state index contributed by atoms with van der Waals surface area (Å²) in [6.45, 7) is 4.83. The van der Waals surface area contributed by atoms with Crippen molar-refractivity contribution in [1.82, 2.24) is 20.0 Å². The molecule has 0 amide bonds. The number of guanidine groups is 1. The molecular formula is C20H28IN5O. The minimum Gasteiger partial charge on any atom is -0.381 e. The van der Waals surface area contributed by atoms with Gasteiger partial charge in [0.25, 0.3) is 0 Å². The predicted molar refractivity (Wildman–Crippen MR) is 118 cm³/mol. The summed E-state index contributed by atoms with van der Waals surface area (Å²) in [5.74, 6) is 1.02. The van der Waals surface area contributed by atoms with Crippen LogP contribution in [0.25, 0.3) is 5.69 Å². The van der Waals surface area contributed by atoms with Crippen molar-refractivity contribution < 1.29 is 4.74 Å². The van der Waals surface area contributed by atoms with Crippen molar-refractivity contribution in [3.05, 3.63) is 48.3 Å². The van der Waals surface area contributed by atoms with Gasteiger partial charge in [-0.05, 0) is 43.0 Å². The summed E-state index contributed by atoms with van der Waals surface area (Å²) in [7, 11) is 1.87. The van der Waals surface area contributed by atoms with E-state index in [2.05, 4.69) is 44.6 Å². The lowest BCUT2D eigenvalue weighted by atomic mass is 9.87. The van der Waals surface area contributed by atoms with Crippen LogP contribution in [0.2, 0.25) is 0 Å². The third-order valence-corrected chi connectivity index (χ3v) is 5.54. The Kier molecular flexibility index (Phi) is 6.75. The number of hydrogen-bond donors (Lipinski definition) is 1. The second-order valence-corrected chi connectivity index (χ2v) is 7.32. The number of likely N-dealkylation sites (tertiary alicyclic amines) is 1. The van der Waals surface area contributed by atoms with Crippen LogP contribution in [0.5, 0.6) is 0 Å². The monoisotopic (exact) mass is 481 g/mol. The second-order valence-electron chi connectivity index (χ2n) is 7.32. The fraction of sp³-hybridized carbons (Fsp3) is 0.500. The van der Waals surface area contributed by atoms with Crippen LogP contribution < -0.4 is 5.32 Å². The van der Waals surface area contributed by atoms with Crippen LogP contribution in [0, 0.1) is 5.41 Å². The van der Waals surface area contributed by atoms with Gasteiger partial charge in [0.1, 0.15) is 0 Å². The number of nitrogens with one attached hydrogen (secondary N) is 1. The van der Waals surface area contributed by atoms with Crippen molar-refractivity contribution in [3.8, 4) is 5.69 Å². The minimum atomic E-state index is 0. The van der Waals surface area contributed by atoms with Crippen molar-refractivity contribution in [2.24, 2.45) is 10.4 Å². The fourth-order valence-corrected chi connectivity index (χ4v) is 3.98. The molecule has 0 aliphatic carbocycles. The first-order valence-electron chi connectivity index (χ1n) is 9.40. The summed E-state index contributed by atoms with van der Waals surface area (Å²) in [6.07, 6.45) is 7.12. The molecule has 2 aromatic rings. The van der Waals surface area contributed by atoms with Crippen molar-refractivity contribution in [3.63, 3.8) is 0 Å². The smallest absolute Gasteiger partial charge is 0.193 e. The van der Waals surface area contributed by atoms with Gasteiger partial charge in [0.05, 0.1) is 12.3 Å². The van der Waals surface area contributed by atoms with Crippen LogP contribution in [0.15, 0.2) is 47.7 Å². The summed E-state index contributed by atoms with van der Waals surface area (Å²) in [4.78, 5) is 6.87. The zero-order valence-electron chi connectivity index (χ0n) is 15.8. The average Bonchev–Trinajstić information content (AvgIpc) is 3.43. The van der Waals surface area contributed by atoms with Crippen molar-refractivity contribution in [1.29, 1.82) is 0 Å². The molecule has 2 saturated heterocycles. The van der Waals surface area contributed by atoms with E-state index in [-0.39, 0.29) is 24.0 Å². The van der Waals surface area contributed by atoms with Crippen molar-refractivity contribution >= 4 is 29.9 Å². The van der Waals surface area contributed by atoms with E-state index in [0.29, 0.717) is 5.41 Å². The van der Waals surface area contributed by atoms with E-state index in [1.807, 2.05) is 24.0 Å². The van der Waals surface area contributed by atoms with Gasteiger partial charge < -0.3 is 15.0 Å². The molecule has 146 valence electrons. The molecule has 2 aliphatic rings. The summed E-state index contributed by atoms with van der Waals surface area (Å²) in [6, 6.07) is 10.5. The zero-order valence-corrected chi connectivity index (χ0v) is 18.1. The van der Waals surface area contributed by atoms with E-state index in [4.69, 9.17) is 4.74 Å². The molecule has 2 aliphatic heterocycles. The van der Waals surface area contributed by atoms with E-state index < -0.39 is 0 Å². The van der Waals surface area contributed by atoms with E-state index >= 15 is 0 Å². The number of hydrogen-bond acceptors (Lipinski definition) is 3. The lowest BCUT2D eigenvalue weighted by Crippen LogP contribution is -2.42. The largest absolute Gasteiger partial charge is 0.381 e. The molecular weight excluding hydrogens is 453 g/mol. The number of aliphatic imine (C=N–C) groups is 1. The number of rotatable bonds is 4. The predicted octanol–water partition coefficient (Wildman–Crippen LogP) is 2.72. The molecule has 1 unspecified atom stereocenters. The van der Waals surface area contributed by atoms with Crippen LogP contribution in [-0.2, 0) is 11.2 Å². The van der Waals surface area contributed by atoms with Gasteiger partial charge in [-0.1, -0.05) is 12.1 Å². The fourth-order valence-electron chi connectivity index (χ4n) is 3.98. The molecule has 1 aromatic heterocycles. The molecule has 6 nitrogen and oxygen atoms in total. The summed E-state index contributed by atoms with van der Waals surface area (Å²) >= 11 is 0. The quantitative estimate of drug-likeness (QED) is 0.415. The van der Waals surface area contributed by atoms with Crippen LogP contribution in [0.3, 0.4) is 0 Å². The Morgan fingerprint density at radius 3 is 2.81 bits per heavy atom. The van der Waals surface area contributed by atoms with Gasteiger partial charge in [-0.2, -0.15) is 5.10 Å². The molecule has 3 heterocycles. The number of aromatic nitrogens is 2. The maximum absolute atomic E-state index is 5.63. The lowest BCUT2D eigenvalue weighted by molar-refractivity contribution is 0.156. The van der Waals surface area contributed by atoms with Gasteiger partial charge in [-0.15, -0.1) is 24.0 Å². The standard InChI is InChI=1S/C20H27N5O.HI/c1-21-19(24-13-8-20(15-24)9-14-26-16-20)22-11-7-17-3-5-18(6-4-17)25-12-2-10-23-25;/h2-6,10,12H,7-9,11,13-16H2,1H3,(H,21,22);1H. The third kappa shape index (κ3) is 4.63. The van der Waals surface area contributed by atoms with Crippen molar-refractivity contribution in [2.75, 3.05) is 39.9 Å². The Morgan fingerprint density at radius 2 is 2.15 bits per heavy atom. The Bertz CT molecular complexity index is 738. The molecule has 1 N–H and O–H groups in total. The Balaban J connectivity index is 0.00000210. The van der Waals surface area contributed by atoms with Crippen LogP contribution in [-0.4, -0.2) is 60.5 Å². The minimum absolute atomic E-state index is 0. The number of ether oxygens (including phenoxy) is 1. The third-order valence-electron chi connectivity index (χ3n) is 5.54. The first-order chi connectivity index (χ1) is 12.8. The van der Waals surface area contributed by atoms with Gasteiger partial charge >= 0.3 is 0 Å². The van der Waals surface area contributed by atoms with Crippen LogP contribution >= 0.6 is 24.0 Å². The number of benzene rings is 1. The molecule has 7 heteroatoms. The number of halogens is 1. The Morgan fingerprint density at radius 1 is 1.30 bits per heavy atom. The maximum Gasteiger partial charge on any atom is 0.193 e. The van der Waals surface area contributed by atoms with E-state index in [1.165, 1.54) is 18.4 Å². The number of nitrogens with zero attached hydrogens (tertiary/aromatic N) is 4. The summed E-state index contributed by atoms with van der Waals surface area (Å²) < 4.78 is 7.50. The Labute approximate surface area is 178 Å². The van der Waals surface area contributed by atoms with Gasteiger partial charge in [-0.3, -0.25) is 4.99 Å². The average molecular weight is 481 g/mol. The van der Waals surface area contributed by atoms with Gasteiger partial charge in [0.2, 0.25) is 0 Å². The summed E-state index contributed by atoms with van der Waals surface area (Å²) in [5.41, 5.74) is 2.76. The lowest BCUT2D eigenvalue weighted by Gasteiger charge is -2.25. The molecule has 1 aromatic carbocycles. The Hall–Kier alpha value is -1.61. The summed E-state index contributed by atoms with van der Waals surface area (Å²) in [5, 5.41) is 7.79. The molecule has 1 atom stereocenters. The molecule has 0 radical (unpaired) electrons. The first-order valence-corrected chi connectivity index (χ1v) is 9.40. The second kappa shape index (κ2) is 9.05. The highest BCUT2D eigenvalue weighted by atomic mass is 127. The topological polar surface area (TPSA) is 54.7 Å². The highest BCUT2D eigenvalue weighted by molar-refractivity contribution is 14.0. The maximum atomic E-state index is 5.63. The van der Waals surface area contributed by atoms with E-state index in [1.54, 1.807) is 6.20 Å². The van der Waals surface area contributed by atoms with E-state index in [9.17, 15) is 0 Å². The molecule has 2 fully saturated rings. The molecule has 1 spiro atoms. The van der Waals surface area contributed by atoms with Gasteiger partial charge in [-0.25, -0.2) is 4.68 Å². The SMILES string of the molecule is CN=C(NCCc1ccc(-n2cccn2)cc1)N1CCC2(CCOC2)C1.I. The molecule has 27 heavy (non-hydrogen) atoms. The van der Waals surface area contributed by atoms with E-state index in [0.717, 1.165) is 50.9 Å². The normalized spacial score (nSPS) is 22.3. The molecule has 4 rings (SSSR count). The van der Waals surface area contributed by atoms with Gasteiger partial charge in [0, 0.05) is 51.1 Å². The zero-order chi connectivity index (χ0) is 17.8. The molecule has 0 saturated carbocycles. The van der Waals surface area contributed by atoms with Gasteiger partial charge in [0.15, 0.2) is 5.96 Å². The molecule has 0 bridgehead atoms. The van der Waals surface area contributed by atoms with Crippen molar-refractivity contribution in [2.45, 2.75) is 19.3 Å². The highest BCUT2D eigenvalue weighted by Crippen LogP contribution is 2.38. The van der Waals surface area contributed by atoms with Crippen LogP contribution in [0.4, 0.5) is 0 Å².